The second-order valence-electron chi connectivity index (χ2n) is 6.87. The van der Waals surface area contributed by atoms with Crippen LogP contribution in [0.2, 0.25) is 0 Å². The number of rotatable bonds is 1. The molecule has 1 aromatic carbocycles. The number of piperidine rings is 1. The number of urea groups is 1. The first kappa shape index (κ1) is 15.3. The van der Waals surface area contributed by atoms with Gasteiger partial charge in [-0.3, -0.25) is 0 Å². The summed E-state index contributed by atoms with van der Waals surface area (Å²) in [6.45, 7) is 7.56. The maximum atomic E-state index is 12.6. The lowest BCUT2D eigenvalue weighted by Crippen LogP contribution is -2.49. The minimum absolute atomic E-state index is 0.0359. The largest absolute Gasteiger partial charge is 0.381 e. The summed E-state index contributed by atoms with van der Waals surface area (Å²) in [4.78, 5) is 14.6. The number of carbonyl (C=O) groups excluding carboxylic acids is 1. The second kappa shape index (κ2) is 6.29. The number of carbonyl (C=O) groups is 1. The highest BCUT2D eigenvalue weighted by Crippen LogP contribution is 2.39. The first-order valence-corrected chi connectivity index (χ1v) is 8.29. The number of nitrogens with zero attached hydrogens (tertiary/aromatic N) is 1. The van der Waals surface area contributed by atoms with Gasteiger partial charge in [0.2, 0.25) is 0 Å². The van der Waals surface area contributed by atoms with Crippen molar-refractivity contribution in [3.05, 3.63) is 29.3 Å². The average Bonchev–Trinajstić information content (AvgIpc) is 2.52. The molecule has 2 aliphatic heterocycles. The molecule has 4 nitrogen and oxygen atoms in total. The Morgan fingerprint density at radius 3 is 2.68 bits per heavy atom. The van der Waals surface area contributed by atoms with Crippen molar-refractivity contribution >= 4 is 11.7 Å². The first-order chi connectivity index (χ1) is 10.6. The highest BCUT2D eigenvalue weighted by molar-refractivity contribution is 5.89. The van der Waals surface area contributed by atoms with E-state index >= 15 is 0 Å². The zero-order valence-electron chi connectivity index (χ0n) is 13.7. The van der Waals surface area contributed by atoms with Gasteiger partial charge in [0.25, 0.3) is 0 Å². The first-order valence-electron chi connectivity index (χ1n) is 8.29. The van der Waals surface area contributed by atoms with Crippen molar-refractivity contribution < 1.29 is 9.53 Å². The normalized spacial score (nSPS) is 20.9. The number of hydrogen-bond acceptors (Lipinski definition) is 2. The van der Waals surface area contributed by atoms with Gasteiger partial charge in [0, 0.05) is 32.0 Å². The van der Waals surface area contributed by atoms with E-state index in [-0.39, 0.29) is 11.4 Å². The maximum absolute atomic E-state index is 12.6. The average molecular weight is 302 g/mol. The molecule has 4 heteroatoms. The molecular weight excluding hydrogens is 276 g/mol. The fourth-order valence-corrected chi connectivity index (χ4v) is 3.62. The number of nitrogens with one attached hydrogen (secondary N) is 1. The van der Waals surface area contributed by atoms with E-state index in [0.29, 0.717) is 0 Å². The molecule has 1 N–H and O–H groups in total. The zero-order chi connectivity index (χ0) is 15.6. The van der Waals surface area contributed by atoms with Crippen molar-refractivity contribution in [2.45, 2.75) is 39.5 Å². The number of hydrogen-bond donors (Lipinski definition) is 1. The summed E-state index contributed by atoms with van der Waals surface area (Å²) in [7, 11) is 0. The van der Waals surface area contributed by atoms with Crippen LogP contribution >= 0.6 is 0 Å². The summed E-state index contributed by atoms with van der Waals surface area (Å²) < 4.78 is 5.49. The Labute approximate surface area is 132 Å². The van der Waals surface area contributed by atoms with Crippen LogP contribution < -0.4 is 5.32 Å². The summed E-state index contributed by atoms with van der Waals surface area (Å²) in [6, 6.07) is 6.12. The number of ether oxygens (including phenoxy) is 1. The Morgan fingerprint density at radius 1 is 1.18 bits per heavy atom. The molecule has 0 aliphatic carbocycles. The summed E-state index contributed by atoms with van der Waals surface area (Å²) in [5.74, 6) is 0. The summed E-state index contributed by atoms with van der Waals surface area (Å²) in [5, 5.41) is 3.06. The van der Waals surface area contributed by atoms with Crippen LogP contribution in [0.1, 0.15) is 36.8 Å². The molecular formula is C18H26N2O2. The Bertz CT molecular complexity index is 545. The lowest BCUT2D eigenvalue weighted by atomic mass is 9.74. The number of aryl methyl sites for hydroxylation is 2. The van der Waals surface area contributed by atoms with Gasteiger partial charge in [0.1, 0.15) is 0 Å². The smallest absolute Gasteiger partial charge is 0.321 e. The van der Waals surface area contributed by atoms with E-state index < -0.39 is 0 Å². The van der Waals surface area contributed by atoms with Crippen molar-refractivity contribution in [3.8, 4) is 0 Å². The van der Waals surface area contributed by atoms with Crippen LogP contribution in [0.5, 0.6) is 0 Å². The van der Waals surface area contributed by atoms with E-state index in [1.165, 1.54) is 17.5 Å². The molecule has 0 atom stereocenters. The van der Waals surface area contributed by atoms with Crippen molar-refractivity contribution in [3.63, 3.8) is 0 Å². The van der Waals surface area contributed by atoms with Crippen LogP contribution in [-0.4, -0.2) is 37.2 Å². The SMILES string of the molecule is Cc1ccc(NC(=O)N2CCCC3(CCOCC3)C2)cc1C. The molecule has 0 saturated carbocycles. The molecule has 0 unspecified atom stereocenters. The Balaban J connectivity index is 1.65. The lowest BCUT2D eigenvalue weighted by Gasteiger charge is -2.45. The number of benzene rings is 1. The third kappa shape index (κ3) is 3.27. The Morgan fingerprint density at radius 2 is 1.95 bits per heavy atom. The zero-order valence-corrected chi connectivity index (χ0v) is 13.7. The minimum Gasteiger partial charge on any atom is -0.381 e. The summed E-state index contributed by atoms with van der Waals surface area (Å²) >= 11 is 0. The molecule has 2 saturated heterocycles. The molecule has 2 fully saturated rings. The van der Waals surface area contributed by atoms with Crippen LogP contribution in [0.15, 0.2) is 18.2 Å². The number of likely N-dealkylation sites (tertiary alicyclic amines) is 1. The van der Waals surface area contributed by atoms with Crippen LogP contribution in [0.25, 0.3) is 0 Å². The van der Waals surface area contributed by atoms with E-state index in [1.807, 2.05) is 17.0 Å². The third-order valence-corrected chi connectivity index (χ3v) is 5.26. The molecule has 22 heavy (non-hydrogen) atoms. The van der Waals surface area contributed by atoms with Gasteiger partial charge in [-0.2, -0.15) is 0 Å². The van der Waals surface area contributed by atoms with Crippen molar-refractivity contribution in [2.75, 3.05) is 31.6 Å². The molecule has 1 spiro atoms. The number of anilines is 1. The number of amides is 2. The molecule has 0 radical (unpaired) electrons. The van der Waals surface area contributed by atoms with Crippen molar-refractivity contribution in [2.24, 2.45) is 5.41 Å². The van der Waals surface area contributed by atoms with Crippen LogP contribution in [0.4, 0.5) is 10.5 Å². The van der Waals surface area contributed by atoms with Gasteiger partial charge in [-0.1, -0.05) is 6.07 Å². The standard InChI is InChI=1S/C18H26N2O2/c1-14-4-5-16(12-15(14)2)19-17(21)20-9-3-6-18(13-20)7-10-22-11-8-18/h4-5,12H,3,6-11,13H2,1-2H3,(H,19,21). The predicted molar refractivity (Wildman–Crippen MR) is 88.2 cm³/mol. The maximum Gasteiger partial charge on any atom is 0.321 e. The van der Waals surface area contributed by atoms with Gasteiger partial charge < -0.3 is 15.0 Å². The Hall–Kier alpha value is -1.55. The van der Waals surface area contributed by atoms with Crippen LogP contribution in [0.3, 0.4) is 0 Å². The quantitative estimate of drug-likeness (QED) is 0.859. The van der Waals surface area contributed by atoms with Gasteiger partial charge in [-0.05, 0) is 68.2 Å². The van der Waals surface area contributed by atoms with E-state index in [9.17, 15) is 4.79 Å². The third-order valence-electron chi connectivity index (χ3n) is 5.26. The van der Waals surface area contributed by atoms with Gasteiger partial charge in [0.15, 0.2) is 0 Å². The molecule has 2 amide bonds. The van der Waals surface area contributed by atoms with Gasteiger partial charge in [-0.25, -0.2) is 4.79 Å². The Kier molecular flexibility index (Phi) is 4.39. The lowest BCUT2D eigenvalue weighted by molar-refractivity contribution is -0.0175. The van der Waals surface area contributed by atoms with E-state index in [0.717, 1.165) is 51.3 Å². The fourth-order valence-electron chi connectivity index (χ4n) is 3.62. The molecule has 2 heterocycles. The van der Waals surface area contributed by atoms with E-state index in [2.05, 4.69) is 25.2 Å². The van der Waals surface area contributed by atoms with Crippen LogP contribution in [0, 0.1) is 19.3 Å². The van der Waals surface area contributed by atoms with E-state index in [4.69, 9.17) is 4.74 Å². The minimum atomic E-state index is 0.0359. The monoisotopic (exact) mass is 302 g/mol. The van der Waals surface area contributed by atoms with Crippen LogP contribution in [-0.2, 0) is 4.74 Å². The van der Waals surface area contributed by atoms with Crippen molar-refractivity contribution in [1.29, 1.82) is 0 Å². The molecule has 0 bridgehead atoms. The van der Waals surface area contributed by atoms with Crippen molar-refractivity contribution in [1.82, 2.24) is 4.90 Å². The van der Waals surface area contributed by atoms with Gasteiger partial charge >= 0.3 is 6.03 Å². The second-order valence-corrected chi connectivity index (χ2v) is 6.87. The predicted octanol–water partition coefficient (Wildman–Crippen LogP) is 3.73. The van der Waals surface area contributed by atoms with Gasteiger partial charge in [0.05, 0.1) is 0 Å². The summed E-state index contributed by atoms with van der Waals surface area (Å²) in [5.41, 5.74) is 3.63. The molecule has 0 aromatic heterocycles. The molecule has 3 rings (SSSR count). The molecule has 2 aliphatic rings. The van der Waals surface area contributed by atoms with E-state index in [1.54, 1.807) is 0 Å². The fraction of sp³-hybridized carbons (Fsp3) is 0.611. The molecule has 120 valence electrons. The highest BCUT2D eigenvalue weighted by atomic mass is 16.5. The van der Waals surface area contributed by atoms with Gasteiger partial charge in [-0.15, -0.1) is 0 Å². The summed E-state index contributed by atoms with van der Waals surface area (Å²) in [6.07, 6.45) is 4.49. The topological polar surface area (TPSA) is 41.6 Å². The molecule has 1 aromatic rings. The highest BCUT2D eigenvalue weighted by Gasteiger charge is 2.38.